The SMILES string of the molecule is Fc1cc(F)nc(-c2ccc(-c3ccc(-c4ccccc4-c4cc(-c5ccccc5-c5ccc(-c6ccc(-c7nc(F)cc(F)n7)cn6)cc5)cc(-c5ccccc5-c5ccc(-c6ccc(-c7nc(F)cc(F)n7)cn6)cc5)c4)cc3)nc2)n1. The maximum atomic E-state index is 13.9. The summed E-state index contributed by atoms with van der Waals surface area (Å²) in [5, 5.41) is 0. The Hall–Kier alpha value is -11.2. The number of halogens is 6. The van der Waals surface area contributed by atoms with Crippen molar-refractivity contribution in [2.24, 2.45) is 0 Å². The van der Waals surface area contributed by atoms with E-state index in [1.54, 1.807) is 36.4 Å². The summed E-state index contributed by atoms with van der Waals surface area (Å²) in [5.74, 6) is -6.10. The van der Waals surface area contributed by atoms with Crippen LogP contribution in [0.15, 0.2) is 237 Å². The zero-order valence-electron chi connectivity index (χ0n) is 43.8. The minimum atomic E-state index is -0.969. The third kappa shape index (κ3) is 10.9. The van der Waals surface area contributed by atoms with Gasteiger partial charge < -0.3 is 0 Å². The number of nitrogens with zero attached hydrogens (tertiary/aromatic N) is 9. The molecule has 0 bridgehead atoms. The van der Waals surface area contributed by atoms with Gasteiger partial charge in [0.2, 0.25) is 35.7 Å². The lowest BCUT2D eigenvalue weighted by atomic mass is 9.86. The molecule has 0 spiro atoms. The minimum Gasteiger partial charge on any atom is -0.255 e. The van der Waals surface area contributed by atoms with Crippen molar-refractivity contribution >= 4 is 0 Å². The van der Waals surface area contributed by atoms with Crippen LogP contribution in [0.5, 0.6) is 0 Å². The van der Waals surface area contributed by atoms with E-state index < -0.39 is 35.7 Å². The van der Waals surface area contributed by atoms with Gasteiger partial charge in [0.1, 0.15) is 0 Å². The third-order valence-electron chi connectivity index (χ3n) is 14.2. The molecular weight excluding hydrogens is 1070 g/mol. The standard InChI is InChI=1S/C69H39F6N9/c70-61-34-62(71)80-67(79-61)46-25-28-58(76-37-46)43-19-13-40(14-20-43)52-7-1-4-10-55(52)49-31-50(56-11-5-2-8-53(56)41-15-21-44(22-16-41)59-29-26-47(38-77-59)68-81-63(72)35-64(73)82-68)33-51(32-49)57-12-6-3-9-54(57)42-17-23-45(24-18-42)60-30-27-48(39-78-60)69-83-65(74)36-66(75)84-69/h1-39H. The van der Waals surface area contributed by atoms with Crippen LogP contribution >= 0.6 is 0 Å². The Morgan fingerprint density at radius 1 is 0.190 bits per heavy atom. The summed E-state index contributed by atoms with van der Waals surface area (Å²) in [5.41, 5.74) is 17.3. The maximum absolute atomic E-state index is 13.9. The topological polar surface area (TPSA) is 116 Å². The van der Waals surface area contributed by atoms with E-state index in [-0.39, 0.29) is 17.5 Å². The fourth-order valence-corrected chi connectivity index (χ4v) is 10.2. The summed E-state index contributed by atoms with van der Waals surface area (Å²) >= 11 is 0. The molecule has 0 aliphatic carbocycles. The van der Waals surface area contributed by atoms with Gasteiger partial charge in [0.25, 0.3) is 0 Å². The molecule has 402 valence electrons. The molecule has 15 heteroatoms. The van der Waals surface area contributed by atoms with Gasteiger partial charge in [0, 0.05) is 70.2 Å². The molecule has 7 aromatic carbocycles. The molecule has 13 rings (SSSR count). The molecule has 84 heavy (non-hydrogen) atoms. The van der Waals surface area contributed by atoms with Crippen LogP contribution in [0.1, 0.15) is 0 Å². The van der Waals surface area contributed by atoms with Gasteiger partial charge in [0.15, 0.2) is 17.5 Å². The largest absolute Gasteiger partial charge is 0.255 e. The van der Waals surface area contributed by atoms with E-state index in [1.165, 1.54) is 18.6 Å². The molecule has 0 N–H and O–H groups in total. The minimum absolute atomic E-state index is 0.0971. The molecule has 0 aliphatic heterocycles. The highest BCUT2D eigenvalue weighted by atomic mass is 19.2. The second-order valence-electron chi connectivity index (χ2n) is 19.5. The molecule has 0 amide bonds. The first-order chi connectivity index (χ1) is 41.0. The molecule has 0 saturated heterocycles. The van der Waals surface area contributed by atoms with E-state index in [9.17, 15) is 26.3 Å². The van der Waals surface area contributed by atoms with Crippen molar-refractivity contribution in [3.05, 3.63) is 273 Å². The summed E-state index contributed by atoms with van der Waals surface area (Å²) in [6.07, 6.45) is 4.48. The fraction of sp³-hybridized carbons (Fsp3) is 0. The summed E-state index contributed by atoms with van der Waals surface area (Å²) in [7, 11) is 0. The zero-order chi connectivity index (χ0) is 57.3. The predicted molar refractivity (Wildman–Crippen MR) is 312 cm³/mol. The molecule has 0 unspecified atom stereocenters. The Kier molecular flexibility index (Phi) is 13.9. The Morgan fingerprint density at radius 3 is 0.607 bits per heavy atom. The van der Waals surface area contributed by atoms with Gasteiger partial charge >= 0.3 is 0 Å². The average molecular weight is 1110 g/mol. The highest BCUT2D eigenvalue weighted by molar-refractivity contribution is 5.94. The highest BCUT2D eigenvalue weighted by Crippen LogP contribution is 2.43. The van der Waals surface area contributed by atoms with Gasteiger partial charge in [0.05, 0.1) is 17.1 Å². The molecule has 0 saturated carbocycles. The third-order valence-corrected chi connectivity index (χ3v) is 14.2. The number of benzene rings is 7. The summed E-state index contributed by atoms with van der Waals surface area (Å²) in [6, 6.07) is 67.8. The Morgan fingerprint density at radius 2 is 0.393 bits per heavy atom. The van der Waals surface area contributed by atoms with Crippen molar-refractivity contribution in [2.75, 3.05) is 0 Å². The molecule has 0 atom stereocenters. The Balaban J connectivity index is 0.867. The molecule has 0 radical (unpaired) electrons. The van der Waals surface area contributed by atoms with Crippen LogP contribution in [0.4, 0.5) is 26.3 Å². The van der Waals surface area contributed by atoms with Gasteiger partial charge in [-0.25, -0.2) is 0 Å². The number of pyridine rings is 3. The van der Waals surface area contributed by atoms with Crippen LogP contribution in [0.2, 0.25) is 0 Å². The van der Waals surface area contributed by atoms with Gasteiger partial charge in [-0.15, -0.1) is 0 Å². The van der Waals surface area contributed by atoms with Crippen molar-refractivity contribution in [2.45, 2.75) is 0 Å². The van der Waals surface area contributed by atoms with Gasteiger partial charge in [-0.3, -0.25) is 15.0 Å². The van der Waals surface area contributed by atoms with Crippen LogP contribution in [0, 0.1) is 35.7 Å². The van der Waals surface area contributed by atoms with Gasteiger partial charge in [-0.05, 0) is 121 Å². The molecule has 9 nitrogen and oxygen atoms in total. The smallest absolute Gasteiger partial charge is 0.219 e. The number of hydrogen-bond acceptors (Lipinski definition) is 9. The first-order valence-electron chi connectivity index (χ1n) is 26.3. The number of rotatable bonds is 12. The van der Waals surface area contributed by atoms with E-state index in [2.05, 4.69) is 99.5 Å². The summed E-state index contributed by atoms with van der Waals surface area (Å²) in [6.45, 7) is 0. The van der Waals surface area contributed by atoms with E-state index in [0.29, 0.717) is 52.0 Å². The molecule has 6 heterocycles. The van der Waals surface area contributed by atoms with Crippen LogP contribution < -0.4 is 0 Å². The van der Waals surface area contributed by atoms with Gasteiger partial charge in [-0.2, -0.15) is 56.2 Å². The normalized spacial score (nSPS) is 11.2. The summed E-state index contributed by atoms with van der Waals surface area (Å²) < 4.78 is 83.4. The van der Waals surface area contributed by atoms with Crippen LogP contribution in [0.25, 0.3) is 135 Å². The predicted octanol–water partition coefficient (Wildman–Crippen LogP) is 17.1. The number of aromatic nitrogens is 9. The molecule has 0 fully saturated rings. The van der Waals surface area contributed by atoms with E-state index >= 15 is 0 Å². The van der Waals surface area contributed by atoms with E-state index in [0.717, 1.165) is 83.5 Å². The lowest BCUT2D eigenvalue weighted by Gasteiger charge is -2.18. The maximum Gasteiger partial charge on any atom is 0.219 e. The molecular formula is C69H39F6N9. The Labute approximate surface area is 476 Å². The fourth-order valence-electron chi connectivity index (χ4n) is 10.2. The highest BCUT2D eigenvalue weighted by Gasteiger charge is 2.18. The molecule has 6 aromatic heterocycles. The van der Waals surface area contributed by atoms with Gasteiger partial charge in [-0.1, -0.05) is 146 Å². The van der Waals surface area contributed by atoms with Crippen LogP contribution in [-0.2, 0) is 0 Å². The first kappa shape index (κ1) is 52.2. The lowest BCUT2D eigenvalue weighted by Crippen LogP contribution is -1.96. The van der Waals surface area contributed by atoms with Crippen molar-refractivity contribution in [3.8, 4) is 135 Å². The van der Waals surface area contributed by atoms with Crippen LogP contribution in [0.3, 0.4) is 0 Å². The Bertz CT molecular complexity index is 4050. The molecule has 13 aromatic rings. The summed E-state index contributed by atoms with van der Waals surface area (Å²) in [4.78, 5) is 36.1. The van der Waals surface area contributed by atoms with E-state index in [4.69, 9.17) is 0 Å². The van der Waals surface area contributed by atoms with Crippen molar-refractivity contribution in [3.63, 3.8) is 0 Å². The van der Waals surface area contributed by atoms with Crippen molar-refractivity contribution < 1.29 is 26.3 Å². The van der Waals surface area contributed by atoms with Crippen molar-refractivity contribution in [1.82, 2.24) is 44.9 Å². The first-order valence-corrected chi connectivity index (χ1v) is 26.3. The second kappa shape index (κ2) is 22.4. The zero-order valence-corrected chi connectivity index (χ0v) is 43.8. The van der Waals surface area contributed by atoms with Crippen LogP contribution in [-0.4, -0.2) is 44.9 Å². The average Bonchev–Trinajstić information content (AvgIpc) is 2.44. The molecule has 0 aliphatic rings. The monoisotopic (exact) mass is 1110 g/mol. The quantitative estimate of drug-likeness (QED) is 0.0871. The number of hydrogen-bond donors (Lipinski definition) is 0. The van der Waals surface area contributed by atoms with Crippen molar-refractivity contribution in [1.29, 1.82) is 0 Å². The second-order valence-corrected chi connectivity index (χ2v) is 19.5. The lowest BCUT2D eigenvalue weighted by molar-refractivity contribution is 0.527. The van der Waals surface area contributed by atoms with E-state index in [1.807, 2.05) is 109 Å².